The van der Waals surface area contributed by atoms with Gasteiger partial charge in [-0.25, -0.2) is 17.9 Å². The van der Waals surface area contributed by atoms with E-state index in [1.54, 1.807) is 0 Å². The van der Waals surface area contributed by atoms with Gasteiger partial charge in [0, 0.05) is 24.2 Å². The van der Waals surface area contributed by atoms with Gasteiger partial charge in [-0.15, -0.1) is 5.10 Å². The lowest BCUT2D eigenvalue weighted by atomic mass is 10.1. The molecule has 1 N–H and O–H groups in total. The van der Waals surface area contributed by atoms with Crippen molar-refractivity contribution in [2.75, 3.05) is 0 Å². The van der Waals surface area contributed by atoms with Gasteiger partial charge in [-0.05, 0) is 20.8 Å². The number of benzene rings is 1. The summed E-state index contributed by atoms with van der Waals surface area (Å²) in [5.74, 6) is -4.02. The highest BCUT2D eigenvalue weighted by atomic mass is 19.2. The van der Waals surface area contributed by atoms with Crippen LogP contribution in [0.15, 0.2) is 18.3 Å². The maximum atomic E-state index is 13.1. The topological polar surface area (TPSA) is 42.7 Å². The fraction of sp³-hybridized carbons (Fsp3) is 0.385. The van der Waals surface area contributed by atoms with E-state index in [9.17, 15) is 13.2 Å². The highest BCUT2D eigenvalue weighted by molar-refractivity contribution is 5.32. The highest BCUT2D eigenvalue weighted by Crippen LogP contribution is 2.16. The summed E-state index contributed by atoms with van der Waals surface area (Å²) in [6.45, 7) is 6.47. The minimum absolute atomic E-state index is 0.0795. The predicted octanol–water partition coefficient (Wildman–Crippen LogP) is 2.57. The van der Waals surface area contributed by atoms with E-state index in [1.165, 1.54) is 10.9 Å². The molecule has 0 aliphatic carbocycles. The summed E-state index contributed by atoms with van der Waals surface area (Å²) in [7, 11) is 0. The Morgan fingerprint density at radius 1 is 1.15 bits per heavy atom. The molecule has 0 fully saturated rings. The molecule has 1 aromatic heterocycles. The number of hydrogen-bond donors (Lipinski definition) is 1. The third-order valence-corrected chi connectivity index (χ3v) is 2.57. The van der Waals surface area contributed by atoms with E-state index < -0.39 is 17.5 Å². The summed E-state index contributed by atoms with van der Waals surface area (Å²) in [6.07, 6.45) is 1.53. The summed E-state index contributed by atoms with van der Waals surface area (Å²) in [6, 6.07) is 1.74. The second-order valence-electron chi connectivity index (χ2n) is 5.48. The Kier molecular flexibility index (Phi) is 3.80. The summed E-state index contributed by atoms with van der Waals surface area (Å²) >= 11 is 0. The first-order chi connectivity index (χ1) is 9.26. The lowest BCUT2D eigenvalue weighted by Crippen LogP contribution is -2.35. The molecule has 20 heavy (non-hydrogen) atoms. The molecule has 7 heteroatoms. The average molecular weight is 284 g/mol. The number of hydrogen-bond acceptors (Lipinski definition) is 3. The van der Waals surface area contributed by atoms with Crippen LogP contribution in [0.4, 0.5) is 13.2 Å². The number of rotatable bonds is 3. The molecular formula is C13H15F3N4. The Labute approximate surface area is 114 Å². The van der Waals surface area contributed by atoms with Gasteiger partial charge in [-0.3, -0.25) is 0 Å². The van der Waals surface area contributed by atoms with Crippen molar-refractivity contribution in [1.29, 1.82) is 0 Å². The van der Waals surface area contributed by atoms with Gasteiger partial charge in [0.2, 0.25) is 0 Å². The van der Waals surface area contributed by atoms with Gasteiger partial charge in [0.25, 0.3) is 0 Å². The molecule has 2 aromatic rings. The average Bonchev–Trinajstić information content (AvgIpc) is 2.81. The SMILES string of the molecule is CC(C)(C)NCc1cn(-c2cc(F)c(F)c(F)c2)nn1. The van der Waals surface area contributed by atoms with Crippen molar-refractivity contribution < 1.29 is 13.2 Å². The molecule has 4 nitrogen and oxygen atoms in total. The van der Waals surface area contributed by atoms with Crippen LogP contribution in [-0.4, -0.2) is 20.5 Å². The van der Waals surface area contributed by atoms with Crippen molar-refractivity contribution in [2.45, 2.75) is 32.9 Å². The summed E-state index contributed by atoms with van der Waals surface area (Å²) in [4.78, 5) is 0. The quantitative estimate of drug-likeness (QED) is 0.881. The molecule has 0 bridgehead atoms. The van der Waals surface area contributed by atoms with Crippen molar-refractivity contribution in [2.24, 2.45) is 0 Å². The molecule has 0 aliphatic rings. The number of halogens is 3. The Hall–Kier alpha value is -1.89. The van der Waals surface area contributed by atoms with Crippen LogP contribution in [0.5, 0.6) is 0 Å². The van der Waals surface area contributed by atoms with Crippen LogP contribution < -0.4 is 5.32 Å². The van der Waals surface area contributed by atoms with Gasteiger partial charge in [0.1, 0.15) is 0 Å². The normalized spacial score (nSPS) is 11.9. The molecule has 1 heterocycles. The molecule has 1 aromatic carbocycles. The molecule has 0 radical (unpaired) electrons. The van der Waals surface area contributed by atoms with Crippen LogP contribution in [-0.2, 0) is 6.54 Å². The van der Waals surface area contributed by atoms with Gasteiger partial charge < -0.3 is 5.32 Å². The smallest absolute Gasteiger partial charge is 0.194 e. The summed E-state index contributed by atoms with van der Waals surface area (Å²) < 4.78 is 40.4. The Morgan fingerprint density at radius 2 is 1.75 bits per heavy atom. The van der Waals surface area contributed by atoms with Crippen LogP contribution in [0.1, 0.15) is 26.5 Å². The minimum atomic E-state index is -1.50. The second-order valence-corrected chi connectivity index (χ2v) is 5.48. The molecule has 0 amide bonds. The van der Waals surface area contributed by atoms with Crippen LogP contribution in [0.25, 0.3) is 5.69 Å². The first-order valence-electron chi connectivity index (χ1n) is 6.07. The zero-order chi connectivity index (χ0) is 14.9. The third-order valence-electron chi connectivity index (χ3n) is 2.57. The van der Waals surface area contributed by atoms with E-state index in [0.717, 1.165) is 12.1 Å². The number of nitrogens with one attached hydrogen (secondary N) is 1. The fourth-order valence-corrected chi connectivity index (χ4v) is 1.54. The molecule has 0 atom stereocenters. The van der Waals surface area contributed by atoms with Gasteiger partial charge in [-0.1, -0.05) is 5.21 Å². The maximum Gasteiger partial charge on any atom is 0.194 e. The first-order valence-corrected chi connectivity index (χ1v) is 6.07. The number of nitrogens with zero attached hydrogens (tertiary/aromatic N) is 3. The zero-order valence-corrected chi connectivity index (χ0v) is 11.4. The standard InChI is InChI=1S/C13H15F3N4/c1-13(2,3)17-6-8-7-20(19-18-8)9-4-10(14)12(16)11(15)5-9/h4-5,7,17H,6H2,1-3H3. The van der Waals surface area contributed by atoms with Crippen molar-refractivity contribution in [3.05, 3.63) is 41.5 Å². The molecule has 2 rings (SSSR count). The largest absolute Gasteiger partial charge is 0.306 e. The minimum Gasteiger partial charge on any atom is -0.306 e. The van der Waals surface area contributed by atoms with Crippen LogP contribution in [0, 0.1) is 17.5 Å². The van der Waals surface area contributed by atoms with Gasteiger partial charge in [-0.2, -0.15) is 0 Å². The third kappa shape index (κ3) is 3.36. The second kappa shape index (κ2) is 5.24. The van der Waals surface area contributed by atoms with Crippen molar-refractivity contribution in [3.63, 3.8) is 0 Å². The van der Waals surface area contributed by atoms with E-state index in [-0.39, 0.29) is 11.2 Å². The maximum absolute atomic E-state index is 13.1. The van der Waals surface area contributed by atoms with Crippen molar-refractivity contribution in [3.8, 4) is 5.69 Å². The first kappa shape index (κ1) is 14.5. The van der Waals surface area contributed by atoms with E-state index in [0.29, 0.717) is 12.2 Å². The molecule has 0 saturated heterocycles. The molecule has 0 aliphatic heterocycles. The summed E-state index contributed by atoms with van der Waals surface area (Å²) in [5.41, 5.74) is 0.610. The van der Waals surface area contributed by atoms with Crippen molar-refractivity contribution in [1.82, 2.24) is 20.3 Å². The van der Waals surface area contributed by atoms with E-state index in [1.807, 2.05) is 20.8 Å². The van der Waals surface area contributed by atoms with E-state index in [4.69, 9.17) is 0 Å². The van der Waals surface area contributed by atoms with E-state index >= 15 is 0 Å². The molecule has 108 valence electrons. The lowest BCUT2D eigenvalue weighted by molar-refractivity contribution is 0.421. The molecule has 0 saturated carbocycles. The van der Waals surface area contributed by atoms with Gasteiger partial charge >= 0.3 is 0 Å². The Balaban J connectivity index is 2.21. The van der Waals surface area contributed by atoms with Crippen LogP contribution in [0.2, 0.25) is 0 Å². The highest BCUT2D eigenvalue weighted by Gasteiger charge is 2.14. The van der Waals surface area contributed by atoms with Gasteiger partial charge in [0.05, 0.1) is 17.6 Å². The fourth-order valence-electron chi connectivity index (χ4n) is 1.54. The molecular weight excluding hydrogens is 269 g/mol. The summed E-state index contributed by atoms with van der Waals surface area (Å²) in [5, 5.41) is 10.9. The monoisotopic (exact) mass is 284 g/mol. The molecule has 0 spiro atoms. The number of aromatic nitrogens is 3. The zero-order valence-electron chi connectivity index (χ0n) is 11.4. The lowest BCUT2D eigenvalue weighted by Gasteiger charge is -2.19. The van der Waals surface area contributed by atoms with Crippen LogP contribution in [0.3, 0.4) is 0 Å². The van der Waals surface area contributed by atoms with E-state index in [2.05, 4.69) is 15.6 Å². The van der Waals surface area contributed by atoms with Gasteiger partial charge in [0.15, 0.2) is 17.5 Å². The Morgan fingerprint density at radius 3 is 2.30 bits per heavy atom. The Bertz CT molecular complexity index is 593. The van der Waals surface area contributed by atoms with Crippen molar-refractivity contribution >= 4 is 0 Å². The predicted molar refractivity (Wildman–Crippen MR) is 67.8 cm³/mol. The van der Waals surface area contributed by atoms with Crippen LogP contribution >= 0.6 is 0 Å². The molecule has 0 unspecified atom stereocenters.